The van der Waals surface area contributed by atoms with E-state index in [0.29, 0.717) is 18.8 Å². The number of nitrogens with zero attached hydrogens (tertiary/aromatic N) is 2. The van der Waals surface area contributed by atoms with Crippen LogP contribution in [0.1, 0.15) is 20.3 Å². The molecule has 2 aromatic carbocycles. The average Bonchev–Trinajstić information content (AvgIpc) is 2.63. The van der Waals surface area contributed by atoms with Crippen molar-refractivity contribution in [2.24, 2.45) is 0 Å². The molecule has 2 amide bonds. The molecular formula is C20H22N2O3. The van der Waals surface area contributed by atoms with Crippen LogP contribution in [0.15, 0.2) is 54.6 Å². The van der Waals surface area contributed by atoms with Crippen LogP contribution in [0.2, 0.25) is 0 Å². The fourth-order valence-corrected chi connectivity index (χ4v) is 3.04. The van der Waals surface area contributed by atoms with Crippen LogP contribution in [0.4, 0.5) is 11.4 Å². The van der Waals surface area contributed by atoms with Crippen LogP contribution in [0.3, 0.4) is 0 Å². The zero-order valence-corrected chi connectivity index (χ0v) is 14.5. The Morgan fingerprint density at radius 1 is 1.12 bits per heavy atom. The van der Waals surface area contributed by atoms with E-state index in [9.17, 15) is 9.59 Å². The Bertz CT molecular complexity index is 761. The highest BCUT2D eigenvalue weighted by molar-refractivity contribution is 6.01. The summed E-state index contributed by atoms with van der Waals surface area (Å²) in [5, 5.41) is 0. The fraction of sp³-hybridized carbons (Fsp3) is 0.300. The molecule has 1 atom stereocenters. The van der Waals surface area contributed by atoms with Crippen LogP contribution < -0.4 is 14.5 Å². The van der Waals surface area contributed by atoms with Crippen molar-refractivity contribution < 1.29 is 14.3 Å². The van der Waals surface area contributed by atoms with Crippen LogP contribution >= 0.6 is 0 Å². The van der Waals surface area contributed by atoms with Gasteiger partial charge in [0.25, 0.3) is 5.91 Å². The van der Waals surface area contributed by atoms with Crippen molar-refractivity contribution in [3.8, 4) is 5.75 Å². The Morgan fingerprint density at radius 3 is 2.52 bits per heavy atom. The van der Waals surface area contributed by atoms with E-state index in [2.05, 4.69) is 0 Å². The van der Waals surface area contributed by atoms with Crippen LogP contribution in [-0.4, -0.2) is 31.0 Å². The molecule has 5 heteroatoms. The number of fused-ring (bicyclic) bond motifs is 1. The van der Waals surface area contributed by atoms with Gasteiger partial charge in [-0.25, -0.2) is 0 Å². The summed E-state index contributed by atoms with van der Waals surface area (Å²) < 4.78 is 5.63. The second-order valence-electron chi connectivity index (χ2n) is 5.94. The largest absolute Gasteiger partial charge is 0.479 e. The van der Waals surface area contributed by atoms with Gasteiger partial charge in [0.15, 0.2) is 6.10 Å². The van der Waals surface area contributed by atoms with Crippen LogP contribution in [0.25, 0.3) is 0 Å². The molecule has 0 fully saturated rings. The third-order valence-electron chi connectivity index (χ3n) is 4.31. The number of ether oxygens (including phenoxy) is 1. The third-order valence-corrected chi connectivity index (χ3v) is 4.31. The summed E-state index contributed by atoms with van der Waals surface area (Å²) in [6.07, 6.45) is -0.281. The van der Waals surface area contributed by atoms with E-state index >= 15 is 0 Å². The maximum absolute atomic E-state index is 12.7. The number of hydrogen-bond acceptors (Lipinski definition) is 3. The lowest BCUT2D eigenvalue weighted by atomic mass is 10.1. The first-order chi connectivity index (χ1) is 12.1. The number of rotatable bonds is 5. The van der Waals surface area contributed by atoms with Crippen molar-refractivity contribution in [3.05, 3.63) is 54.6 Å². The number of benzene rings is 2. The van der Waals surface area contributed by atoms with Crippen molar-refractivity contribution in [3.63, 3.8) is 0 Å². The Kier molecular flexibility index (Phi) is 5.03. The number of para-hydroxylation sites is 3. The maximum Gasteiger partial charge on any atom is 0.267 e. The number of anilines is 2. The van der Waals surface area contributed by atoms with Gasteiger partial charge in [-0.3, -0.25) is 9.59 Å². The third kappa shape index (κ3) is 3.50. The van der Waals surface area contributed by atoms with Crippen molar-refractivity contribution in [2.75, 3.05) is 22.9 Å². The number of hydrogen-bond donors (Lipinski definition) is 0. The first-order valence-electron chi connectivity index (χ1n) is 8.54. The number of amides is 2. The quantitative estimate of drug-likeness (QED) is 0.841. The topological polar surface area (TPSA) is 49.9 Å². The van der Waals surface area contributed by atoms with Gasteiger partial charge in [0.1, 0.15) is 5.75 Å². The minimum Gasteiger partial charge on any atom is -0.479 e. The summed E-state index contributed by atoms with van der Waals surface area (Å²) >= 11 is 0. The minimum atomic E-state index is -0.540. The Balaban J connectivity index is 1.74. The van der Waals surface area contributed by atoms with Crippen molar-refractivity contribution in [2.45, 2.75) is 26.4 Å². The highest BCUT2D eigenvalue weighted by atomic mass is 16.5. The van der Waals surface area contributed by atoms with E-state index in [0.717, 1.165) is 11.4 Å². The molecule has 0 spiro atoms. The normalized spacial score (nSPS) is 16.2. The average molecular weight is 338 g/mol. The molecule has 1 unspecified atom stereocenters. The summed E-state index contributed by atoms with van der Waals surface area (Å²) in [5.74, 6) is 0.560. The van der Waals surface area contributed by atoms with Crippen molar-refractivity contribution >= 4 is 23.2 Å². The Morgan fingerprint density at radius 2 is 1.80 bits per heavy atom. The van der Waals surface area contributed by atoms with Crippen molar-refractivity contribution in [1.82, 2.24) is 0 Å². The number of carbonyl (C=O) groups is 2. The van der Waals surface area contributed by atoms with Gasteiger partial charge in [-0.15, -0.1) is 0 Å². The summed E-state index contributed by atoms with van der Waals surface area (Å²) in [5.41, 5.74) is 1.60. The first kappa shape index (κ1) is 17.0. The van der Waals surface area contributed by atoms with Crippen LogP contribution in [-0.2, 0) is 9.59 Å². The predicted molar refractivity (Wildman–Crippen MR) is 98.0 cm³/mol. The summed E-state index contributed by atoms with van der Waals surface area (Å²) in [4.78, 5) is 28.5. The molecule has 25 heavy (non-hydrogen) atoms. The Labute approximate surface area is 147 Å². The molecule has 0 saturated carbocycles. The summed E-state index contributed by atoms with van der Waals surface area (Å²) in [6.45, 7) is 4.61. The molecule has 1 aliphatic heterocycles. The lowest BCUT2D eigenvalue weighted by Crippen LogP contribution is -2.46. The summed E-state index contributed by atoms with van der Waals surface area (Å²) in [7, 11) is 0. The van der Waals surface area contributed by atoms with Gasteiger partial charge in [0.05, 0.1) is 5.69 Å². The monoisotopic (exact) mass is 338 g/mol. The SMILES string of the molecule is CCN(C(=O)CCN1C(=O)C(C)Oc2ccccc21)c1ccccc1. The molecule has 0 N–H and O–H groups in total. The van der Waals surface area contributed by atoms with Gasteiger partial charge in [-0.05, 0) is 38.1 Å². The summed E-state index contributed by atoms with van der Waals surface area (Å²) in [6, 6.07) is 17.0. The van der Waals surface area contributed by atoms with E-state index < -0.39 is 6.10 Å². The fourth-order valence-electron chi connectivity index (χ4n) is 3.04. The lowest BCUT2D eigenvalue weighted by Gasteiger charge is -2.33. The molecule has 0 aromatic heterocycles. The van der Waals surface area contributed by atoms with Gasteiger partial charge in [0.2, 0.25) is 5.91 Å². The minimum absolute atomic E-state index is 0.00174. The van der Waals surface area contributed by atoms with Gasteiger partial charge >= 0.3 is 0 Å². The highest BCUT2D eigenvalue weighted by Gasteiger charge is 2.31. The van der Waals surface area contributed by atoms with E-state index in [1.807, 2.05) is 61.5 Å². The first-order valence-corrected chi connectivity index (χ1v) is 8.54. The van der Waals surface area contributed by atoms with Crippen LogP contribution in [0, 0.1) is 0 Å². The molecule has 0 saturated heterocycles. The lowest BCUT2D eigenvalue weighted by molar-refractivity contribution is -0.125. The van der Waals surface area contributed by atoms with Gasteiger partial charge in [-0.2, -0.15) is 0 Å². The molecule has 130 valence electrons. The standard InChI is InChI=1S/C20H22N2O3/c1-3-21(16-9-5-4-6-10-16)19(23)13-14-22-17-11-7-8-12-18(17)25-15(2)20(22)24/h4-12,15H,3,13-14H2,1-2H3. The number of carbonyl (C=O) groups excluding carboxylic acids is 2. The Hall–Kier alpha value is -2.82. The molecule has 2 aromatic rings. The molecular weight excluding hydrogens is 316 g/mol. The highest BCUT2D eigenvalue weighted by Crippen LogP contribution is 2.33. The van der Waals surface area contributed by atoms with Gasteiger partial charge in [-0.1, -0.05) is 30.3 Å². The van der Waals surface area contributed by atoms with Gasteiger partial charge in [0, 0.05) is 25.2 Å². The van der Waals surface area contributed by atoms with E-state index in [-0.39, 0.29) is 18.2 Å². The smallest absolute Gasteiger partial charge is 0.267 e. The molecule has 0 radical (unpaired) electrons. The van der Waals surface area contributed by atoms with E-state index in [1.54, 1.807) is 16.7 Å². The molecule has 3 rings (SSSR count). The second kappa shape index (κ2) is 7.38. The molecule has 1 aliphatic rings. The molecule has 5 nitrogen and oxygen atoms in total. The zero-order valence-electron chi connectivity index (χ0n) is 14.5. The molecule has 1 heterocycles. The zero-order chi connectivity index (χ0) is 17.8. The second-order valence-corrected chi connectivity index (χ2v) is 5.94. The van der Waals surface area contributed by atoms with Crippen molar-refractivity contribution in [1.29, 1.82) is 0 Å². The van der Waals surface area contributed by atoms with Crippen LogP contribution in [0.5, 0.6) is 5.75 Å². The maximum atomic E-state index is 12.7. The molecule has 0 aliphatic carbocycles. The van der Waals surface area contributed by atoms with E-state index in [1.165, 1.54) is 0 Å². The predicted octanol–water partition coefficient (Wildman–Crippen LogP) is 3.24. The molecule has 0 bridgehead atoms. The van der Waals surface area contributed by atoms with Gasteiger partial charge < -0.3 is 14.5 Å². The van der Waals surface area contributed by atoms with E-state index in [4.69, 9.17) is 4.74 Å².